The molecule has 0 amide bonds. The van der Waals surface area contributed by atoms with Gasteiger partial charge < -0.3 is 15.4 Å². The second-order valence-corrected chi connectivity index (χ2v) is 6.61. The summed E-state index contributed by atoms with van der Waals surface area (Å²) in [7, 11) is 3.39. The van der Waals surface area contributed by atoms with E-state index in [1.54, 1.807) is 20.2 Å². The fourth-order valence-corrected chi connectivity index (χ4v) is 2.00. The lowest BCUT2D eigenvalue weighted by Crippen LogP contribution is -2.48. The lowest BCUT2D eigenvalue weighted by molar-refractivity contribution is 0.0268. The Bertz CT molecular complexity index is 512. The summed E-state index contributed by atoms with van der Waals surface area (Å²) in [6.45, 7) is 9.20. The molecule has 0 aliphatic rings. The standard InChI is InChI=1S/C17H28FN3O/c1-16(2,13-9-7-8-10-14(13)18)11-20-15(19-5)21-12-17(3,4)22-6/h7-10H,11-12H2,1-6H3,(H2,19,20,21). The van der Waals surface area contributed by atoms with Crippen LogP contribution in [-0.2, 0) is 10.2 Å². The quantitative estimate of drug-likeness (QED) is 0.627. The van der Waals surface area contributed by atoms with Crippen molar-refractivity contribution in [1.29, 1.82) is 0 Å². The number of hydrogen-bond donors (Lipinski definition) is 2. The third-order valence-electron chi connectivity index (χ3n) is 3.76. The number of halogens is 1. The molecule has 0 aromatic heterocycles. The van der Waals surface area contributed by atoms with Crippen molar-refractivity contribution in [2.75, 3.05) is 27.2 Å². The number of methoxy groups -OCH3 is 1. The molecular weight excluding hydrogens is 281 g/mol. The van der Waals surface area contributed by atoms with Crippen LogP contribution in [0.1, 0.15) is 33.3 Å². The monoisotopic (exact) mass is 309 g/mol. The summed E-state index contributed by atoms with van der Waals surface area (Å²) in [6, 6.07) is 6.87. The van der Waals surface area contributed by atoms with Crippen molar-refractivity contribution in [3.05, 3.63) is 35.6 Å². The molecule has 1 aromatic carbocycles. The molecule has 5 heteroatoms. The van der Waals surface area contributed by atoms with Gasteiger partial charge in [-0.25, -0.2) is 4.39 Å². The summed E-state index contributed by atoms with van der Waals surface area (Å²) < 4.78 is 19.3. The number of ether oxygens (including phenoxy) is 1. The van der Waals surface area contributed by atoms with Gasteiger partial charge in [-0.2, -0.15) is 0 Å². The zero-order valence-corrected chi connectivity index (χ0v) is 14.5. The maximum Gasteiger partial charge on any atom is 0.191 e. The second-order valence-electron chi connectivity index (χ2n) is 6.61. The number of rotatable bonds is 6. The van der Waals surface area contributed by atoms with Crippen molar-refractivity contribution in [3.63, 3.8) is 0 Å². The molecule has 0 heterocycles. The molecule has 0 spiro atoms. The Hall–Kier alpha value is -1.62. The third kappa shape index (κ3) is 5.30. The van der Waals surface area contributed by atoms with Gasteiger partial charge in [0.1, 0.15) is 5.82 Å². The average molecular weight is 309 g/mol. The Morgan fingerprint density at radius 1 is 1.14 bits per heavy atom. The fourth-order valence-electron chi connectivity index (χ4n) is 2.00. The van der Waals surface area contributed by atoms with E-state index in [4.69, 9.17) is 4.74 Å². The zero-order chi connectivity index (χ0) is 16.8. The first-order chi connectivity index (χ1) is 10.2. The maximum atomic E-state index is 14.0. The molecule has 0 unspecified atom stereocenters. The highest BCUT2D eigenvalue weighted by molar-refractivity contribution is 5.79. The van der Waals surface area contributed by atoms with Crippen LogP contribution in [-0.4, -0.2) is 38.8 Å². The summed E-state index contributed by atoms with van der Waals surface area (Å²) in [5.41, 5.74) is 0.0634. The molecule has 0 saturated carbocycles. The highest BCUT2D eigenvalue weighted by Gasteiger charge is 2.24. The van der Waals surface area contributed by atoms with E-state index in [-0.39, 0.29) is 16.8 Å². The molecule has 22 heavy (non-hydrogen) atoms. The Labute approximate surface area is 133 Å². The van der Waals surface area contributed by atoms with Crippen molar-refractivity contribution >= 4 is 5.96 Å². The molecule has 0 radical (unpaired) electrons. The van der Waals surface area contributed by atoms with Gasteiger partial charge in [0.25, 0.3) is 0 Å². The van der Waals surface area contributed by atoms with E-state index in [0.717, 1.165) is 0 Å². The van der Waals surface area contributed by atoms with Gasteiger partial charge in [0, 0.05) is 32.7 Å². The number of guanidine groups is 1. The van der Waals surface area contributed by atoms with Gasteiger partial charge in [0.05, 0.1) is 5.60 Å². The Morgan fingerprint density at radius 2 is 1.73 bits per heavy atom. The van der Waals surface area contributed by atoms with E-state index >= 15 is 0 Å². The first-order valence-electron chi connectivity index (χ1n) is 7.46. The van der Waals surface area contributed by atoms with Crippen molar-refractivity contribution in [3.8, 4) is 0 Å². The Balaban J connectivity index is 2.65. The van der Waals surface area contributed by atoms with Gasteiger partial charge in [-0.3, -0.25) is 4.99 Å². The molecule has 2 N–H and O–H groups in total. The van der Waals surface area contributed by atoms with Crippen LogP contribution in [0.5, 0.6) is 0 Å². The van der Waals surface area contributed by atoms with E-state index in [1.807, 2.05) is 39.8 Å². The summed E-state index contributed by atoms with van der Waals surface area (Å²) in [5, 5.41) is 6.47. The maximum absolute atomic E-state index is 14.0. The number of hydrogen-bond acceptors (Lipinski definition) is 2. The van der Waals surface area contributed by atoms with E-state index in [2.05, 4.69) is 15.6 Å². The van der Waals surface area contributed by atoms with Crippen LogP contribution in [0.25, 0.3) is 0 Å². The molecular formula is C17H28FN3O. The average Bonchev–Trinajstić information content (AvgIpc) is 2.47. The van der Waals surface area contributed by atoms with Gasteiger partial charge in [0.15, 0.2) is 5.96 Å². The minimum Gasteiger partial charge on any atom is -0.377 e. The smallest absolute Gasteiger partial charge is 0.191 e. The first-order valence-corrected chi connectivity index (χ1v) is 7.46. The Morgan fingerprint density at radius 3 is 2.27 bits per heavy atom. The molecule has 0 aliphatic carbocycles. The second kappa shape index (κ2) is 7.58. The van der Waals surface area contributed by atoms with Crippen LogP contribution < -0.4 is 10.6 Å². The van der Waals surface area contributed by atoms with Crippen LogP contribution in [0.15, 0.2) is 29.3 Å². The summed E-state index contributed by atoms with van der Waals surface area (Å²) in [6.07, 6.45) is 0. The SMILES string of the molecule is CN=C(NCC(C)(C)OC)NCC(C)(C)c1ccccc1F. The minimum absolute atomic E-state index is 0.183. The Kier molecular flexibility index (Phi) is 6.35. The molecule has 0 bridgehead atoms. The zero-order valence-electron chi connectivity index (χ0n) is 14.5. The van der Waals surface area contributed by atoms with Gasteiger partial charge in [-0.05, 0) is 25.5 Å². The highest BCUT2D eigenvalue weighted by atomic mass is 19.1. The lowest BCUT2D eigenvalue weighted by atomic mass is 9.84. The molecule has 0 saturated heterocycles. The van der Waals surface area contributed by atoms with Gasteiger partial charge in [-0.15, -0.1) is 0 Å². The van der Waals surface area contributed by atoms with Crippen molar-refractivity contribution in [1.82, 2.24) is 10.6 Å². The van der Waals surface area contributed by atoms with Crippen molar-refractivity contribution in [2.45, 2.75) is 38.7 Å². The summed E-state index contributed by atoms with van der Waals surface area (Å²) >= 11 is 0. The number of aliphatic imine (C=N–C) groups is 1. The topological polar surface area (TPSA) is 45.7 Å². The first kappa shape index (κ1) is 18.4. The van der Waals surface area contributed by atoms with Crippen molar-refractivity contribution < 1.29 is 9.13 Å². The predicted octanol–water partition coefficient (Wildman–Crippen LogP) is 2.69. The predicted molar refractivity (Wildman–Crippen MR) is 89.9 cm³/mol. The van der Waals surface area contributed by atoms with Crippen molar-refractivity contribution in [2.24, 2.45) is 4.99 Å². The van der Waals surface area contributed by atoms with Crippen LogP contribution in [0.2, 0.25) is 0 Å². The van der Waals surface area contributed by atoms with Gasteiger partial charge in [-0.1, -0.05) is 32.0 Å². The van der Waals surface area contributed by atoms with Gasteiger partial charge >= 0.3 is 0 Å². The number of nitrogens with one attached hydrogen (secondary N) is 2. The van der Waals surface area contributed by atoms with Crippen LogP contribution >= 0.6 is 0 Å². The summed E-state index contributed by atoms with van der Waals surface area (Å²) in [4.78, 5) is 4.19. The third-order valence-corrected chi connectivity index (χ3v) is 3.76. The molecule has 4 nitrogen and oxygen atoms in total. The number of benzene rings is 1. The molecule has 0 aliphatic heterocycles. The van der Waals surface area contributed by atoms with Gasteiger partial charge in [0.2, 0.25) is 0 Å². The van der Waals surface area contributed by atoms with Crippen LogP contribution in [0.3, 0.4) is 0 Å². The van der Waals surface area contributed by atoms with Crippen LogP contribution in [0, 0.1) is 5.82 Å². The molecule has 1 rings (SSSR count). The minimum atomic E-state index is -0.347. The summed E-state index contributed by atoms with van der Waals surface area (Å²) in [5.74, 6) is 0.493. The molecule has 124 valence electrons. The van der Waals surface area contributed by atoms with E-state index in [0.29, 0.717) is 24.6 Å². The molecule has 0 fully saturated rings. The lowest BCUT2D eigenvalue weighted by Gasteiger charge is -2.28. The van der Waals surface area contributed by atoms with E-state index in [9.17, 15) is 4.39 Å². The molecule has 1 aromatic rings. The molecule has 0 atom stereocenters. The largest absolute Gasteiger partial charge is 0.377 e. The van der Waals surface area contributed by atoms with Crippen LogP contribution in [0.4, 0.5) is 4.39 Å². The fraction of sp³-hybridized carbons (Fsp3) is 0.588. The normalized spacial score (nSPS) is 13.1. The highest BCUT2D eigenvalue weighted by Crippen LogP contribution is 2.24. The number of nitrogens with zero attached hydrogens (tertiary/aromatic N) is 1. The van der Waals surface area contributed by atoms with E-state index in [1.165, 1.54) is 6.07 Å². The van der Waals surface area contributed by atoms with E-state index < -0.39 is 0 Å².